The van der Waals surface area contributed by atoms with Crippen molar-refractivity contribution >= 4 is 5.91 Å². The van der Waals surface area contributed by atoms with E-state index >= 15 is 0 Å². The number of nitrogens with one attached hydrogen (secondary N) is 2. The van der Waals surface area contributed by atoms with Gasteiger partial charge in [0, 0.05) is 13.0 Å². The fraction of sp³-hybridized carbons (Fsp3) is 0.938. The van der Waals surface area contributed by atoms with Crippen LogP contribution in [0.1, 0.15) is 64.2 Å². The van der Waals surface area contributed by atoms with Crippen LogP contribution in [0.5, 0.6) is 0 Å². The molecule has 110 valence electrons. The summed E-state index contributed by atoms with van der Waals surface area (Å²) in [5, 5.41) is 6.49. The van der Waals surface area contributed by atoms with E-state index in [-0.39, 0.29) is 5.91 Å². The molecule has 0 spiro atoms. The van der Waals surface area contributed by atoms with Crippen LogP contribution >= 0.6 is 0 Å². The van der Waals surface area contributed by atoms with E-state index in [2.05, 4.69) is 10.6 Å². The van der Waals surface area contributed by atoms with Crippen molar-refractivity contribution in [3.8, 4) is 0 Å². The molecule has 0 radical (unpaired) electrons. The summed E-state index contributed by atoms with van der Waals surface area (Å²) in [6.07, 6.45) is 12.4. The lowest BCUT2D eigenvalue weighted by Gasteiger charge is -2.23. The maximum absolute atomic E-state index is 11.8. The molecule has 1 saturated carbocycles. The van der Waals surface area contributed by atoms with Crippen molar-refractivity contribution in [2.24, 2.45) is 11.8 Å². The van der Waals surface area contributed by atoms with Gasteiger partial charge in [0.15, 0.2) is 0 Å². The third-order valence-electron chi connectivity index (χ3n) is 4.84. The van der Waals surface area contributed by atoms with Gasteiger partial charge in [-0.15, -0.1) is 0 Å². The van der Waals surface area contributed by atoms with Gasteiger partial charge >= 0.3 is 0 Å². The molecular formula is C16H30N2O. The second-order valence-electron chi connectivity index (χ2n) is 6.37. The zero-order valence-corrected chi connectivity index (χ0v) is 12.3. The summed E-state index contributed by atoms with van der Waals surface area (Å²) >= 11 is 0. The smallest absolute Gasteiger partial charge is 0.220 e. The minimum Gasteiger partial charge on any atom is -0.356 e. The van der Waals surface area contributed by atoms with Gasteiger partial charge in [-0.3, -0.25) is 4.79 Å². The Hall–Kier alpha value is -0.570. The summed E-state index contributed by atoms with van der Waals surface area (Å²) in [6, 6.07) is 0. The van der Waals surface area contributed by atoms with Crippen LogP contribution in [0.2, 0.25) is 0 Å². The number of carbonyl (C=O) groups excluding carboxylic acids is 1. The van der Waals surface area contributed by atoms with E-state index in [9.17, 15) is 4.79 Å². The van der Waals surface area contributed by atoms with Crippen molar-refractivity contribution in [1.29, 1.82) is 0 Å². The standard InChI is InChI=1S/C16H30N2O/c19-16(7-6-14-4-2-1-3-5-14)18-13-10-15-8-11-17-12-9-15/h14-15,17H,1-13H2,(H,18,19). The van der Waals surface area contributed by atoms with Crippen molar-refractivity contribution in [1.82, 2.24) is 10.6 Å². The van der Waals surface area contributed by atoms with E-state index in [0.717, 1.165) is 50.7 Å². The van der Waals surface area contributed by atoms with Gasteiger partial charge in [-0.05, 0) is 50.6 Å². The van der Waals surface area contributed by atoms with Crippen LogP contribution in [-0.4, -0.2) is 25.5 Å². The Bertz CT molecular complexity index is 255. The Morgan fingerprint density at radius 3 is 2.37 bits per heavy atom. The minimum absolute atomic E-state index is 0.277. The van der Waals surface area contributed by atoms with Gasteiger partial charge in [-0.1, -0.05) is 32.1 Å². The van der Waals surface area contributed by atoms with Crippen molar-refractivity contribution in [2.75, 3.05) is 19.6 Å². The average molecular weight is 266 g/mol. The van der Waals surface area contributed by atoms with Crippen LogP contribution in [0.25, 0.3) is 0 Å². The molecule has 0 aromatic heterocycles. The second-order valence-corrected chi connectivity index (χ2v) is 6.37. The van der Waals surface area contributed by atoms with Gasteiger partial charge in [0.25, 0.3) is 0 Å². The first-order chi connectivity index (χ1) is 9.34. The molecule has 0 unspecified atom stereocenters. The number of hydrogen-bond acceptors (Lipinski definition) is 2. The fourth-order valence-electron chi connectivity index (χ4n) is 3.49. The summed E-state index contributed by atoms with van der Waals surface area (Å²) in [7, 11) is 0. The van der Waals surface area contributed by atoms with Crippen molar-refractivity contribution in [3.05, 3.63) is 0 Å². The fourth-order valence-corrected chi connectivity index (χ4v) is 3.49. The Morgan fingerprint density at radius 1 is 0.947 bits per heavy atom. The van der Waals surface area contributed by atoms with Gasteiger partial charge in [0.05, 0.1) is 0 Å². The van der Waals surface area contributed by atoms with Crippen LogP contribution in [0, 0.1) is 11.8 Å². The predicted molar refractivity (Wildman–Crippen MR) is 79.0 cm³/mol. The van der Waals surface area contributed by atoms with Crippen molar-refractivity contribution < 1.29 is 4.79 Å². The first-order valence-electron chi connectivity index (χ1n) is 8.32. The molecule has 2 fully saturated rings. The number of hydrogen-bond donors (Lipinski definition) is 2. The molecule has 2 aliphatic rings. The highest BCUT2D eigenvalue weighted by molar-refractivity contribution is 5.75. The van der Waals surface area contributed by atoms with Gasteiger partial charge in [-0.25, -0.2) is 0 Å². The molecule has 0 atom stereocenters. The summed E-state index contributed by atoms with van der Waals surface area (Å²) < 4.78 is 0. The molecule has 0 aromatic rings. The normalized spacial score (nSPS) is 22.3. The Kier molecular flexibility index (Phi) is 6.69. The van der Waals surface area contributed by atoms with E-state index in [1.54, 1.807) is 0 Å². The lowest BCUT2D eigenvalue weighted by Crippen LogP contribution is -2.31. The van der Waals surface area contributed by atoms with E-state index in [4.69, 9.17) is 0 Å². The molecule has 2 rings (SSSR count). The average Bonchev–Trinajstić information content (AvgIpc) is 2.47. The molecule has 1 aliphatic carbocycles. The third kappa shape index (κ3) is 5.94. The summed E-state index contributed by atoms with van der Waals surface area (Å²) in [6.45, 7) is 3.19. The molecule has 0 aromatic carbocycles. The first-order valence-corrected chi connectivity index (χ1v) is 8.32. The molecule has 1 aliphatic heterocycles. The Morgan fingerprint density at radius 2 is 1.63 bits per heavy atom. The van der Waals surface area contributed by atoms with E-state index in [0.29, 0.717) is 0 Å². The van der Waals surface area contributed by atoms with E-state index in [1.807, 2.05) is 0 Å². The summed E-state index contributed by atoms with van der Waals surface area (Å²) in [4.78, 5) is 11.8. The molecular weight excluding hydrogens is 236 g/mol. The molecule has 1 heterocycles. The van der Waals surface area contributed by atoms with Crippen LogP contribution in [-0.2, 0) is 4.79 Å². The van der Waals surface area contributed by atoms with Gasteiger partial charge in [0.1, 0.15) is 0 Å². The van der Waals surface area contributed by atoms with E-state index < -0.39 is 0 Å². The van der Waals surface area contributed by atoms with Crippen molar-refractivity contribution in [2.45, 2.75) is 64.2 Å². The van der Waals surface area contributed by atoms with Crippen molar-refractivity contribution in [3.63, 3.8) is 0 Å². The van der Waals surface area contributed by atoms with Crippen LogP contribution < -0.4 is 10.6 Å². The topological polar surface area (TPSA) is 41.1 Å². The number of amides is 1. The molecule has 19 heavy (non-hydrogen) atoms. The van der Waals surface area contributed by atoms with Gasteiger partial charge < -0.3 is 10.6 Å². The summed E-state index contributed by atoms with van der Waals surface area (Å²) in [5.74, 6) is 1.92. The second kappa shape index (κ2) is 8.57. The summed E-state index contributed by atoms with van der Waals surface area (Å²) in [5.41, 5.74) is 0. The first kappa shape index (κ1) is 14.8. The molecule has 3 heteroatoms. The van der Waals surface area contributed by atoms with Crippen LogP contribution in [0.4, 0.5) is 0 Å². The maximum Gasteiger partial charge on any atom is 0.220 e. The highest BCUT2D eigenvalue weighted by atomic mass is 16.1. The zero-order chi connectivity index (χ0) is 13.3. The Labute approximate surface area is 117 Å². The minimum atomic E-state index is 0.277. The number of rotatable bonds is 6. The largest absolute Gasteiger partial charge is 0.356 e. The lowest BCUT2D eigenvalue weighted by molar-refractivity contribution is -0.121. The molecule has 1 saturated heterocycles. The van der Waals surface area contributed by atoms with Gasteiger partial charge in [-0.2, -0.15) is 0 Å². The lowest BCUT2D eigenvalue weighted by atomic mass is 9.86. The molecule has 0 bridgehead atoms. The molecule has 1 amide bonds. The third-order valence-corrected chi connectivity index (χ3v) is 4.84. The Balaban J connectivity index is 1.49. The van der Waals surface area contributed by atoms with Gasteiger partial charge in [0.2, 0.25) is 5.91 Å². The quantitative estimate of drug-likeness (QED) is 0.776. The van der Waals surface area contributed by atoms with E-state index in [1.165, 1.54) is 44.9 Å². The molecule has 3 nitrogen and oxygen atoms in total. The highest BCUT2D eigenvalue weighted by Gasteiger charge is 2.15. The zero-order valence-electron chi connectivity index (χ0n) is 12.3. The monoisotopic (exact) mass is 266 g/mol. The SMILES string of the molecule is O=C(CCC1CCCCC1)NCCC1CCNCC1. The maximum atomic E-state index is 11.8. The van der Waals surface area contributed by atoms with Crippen LogP contribution in [0.15, 0.2) is 0 Å². The molecule has 2 N–H and O–H groups in total. The predicted octanol–water partition coefficient (Wildman–Crippen LogP) is 2.85. The number of carbonyl (C=O) groups is 1. The van der Waals surface area contributed by atoms with Crippen LogP contribution in [0.3, 0.4) is 0 Å². The number of piperidine rings is 1. The highest BCUT2D eigenvalue weighted by Crippen LogP contribution is 2.27.